The molecule has 0 aliphatic heterocycles. The predicted octanol–water partition coefficient (Wildman–Crippen LogP) is 3.00. The molecule has 21 heavy (non-hydrogen) atoms. The van der Waals surface area contributed by atoms with E-state index in [1.807, 2.05) is 0 Å². The van der Waals surface area contributed by atoms with Crippen molar-refractivity contribution in [2.75, 3.05) is 5.75 Å². The van der Waals surface area contributed by atoms with Crippen LogP contribution in [0.1, 0.15) is 31.2 Å². The highest BCUT2D eigenvalue weighted by Crippen LogP contribution is 2.32. The maximum Gasteiger partial charge on any atom is 0.416 e. The second-order valence-electron chi connectivity index (χ2n) is 5.59. The summed E-state index contributed by atoms with van der Waals surface area (Å²) in [5.41, 5.74) is 4.83. The minimum absolute atomic E-state index is 0.0238. The molecule has 1 saturated carbocycles. The smallest absolute Gasteiger partial charge is 0.328 e. The molecule has 1 fully saturated rings. The van der Waals surface area contributed by atoms with Crippen LogP contribution < -0.4 is 5.73 Å². The molecule has 0 saturated heterocycles. The van der Waals surface area contributed by atoms with Crippen molar-refractivity contribution in [2.24, 2.45) is 11.7 Å². The van der Waals surface area contributed by atoms with Gasteiger partial charge in [-0.2, -0.15) is 13.2 Å². The maximum atomic E-state index is 12.6. The van der Waals surface area contributed by atoms with Crippen molar-refractivity contribution < 1.29 is 21.6 Å². The predicted molar refractivity (Wildman–Crippen MR) is 73.4 cm³/mol. The van der Waals surface area contributed by atoms with Crippen molar-refractivity contribution in [1.29, 1.82) is 0 Å². The second kappa shape index (κ2) is 5.96. The molecule has 2 N–H and O–H groups in total. The lowest BCUT2D eigenvalue weighted by Gasteiger charge is -2.25. The molecule has 1 aromatic carbocycles. The van der Waals surface area contributed by atoms with Crippen molar-refractivity contribution >= 4 is 9.84 Å². The van der Waals surface area contributed by atoms with Gasteiger partial charge in [0, 0.05) is 6.04 Å². The Morgan fingerprint density at radius 2 is 1.76 bits per heavy atom. The van der Waals surface area contributed by atoms with Crippen molar-refractivity contribution in [1.82, 2.24) is 0 Å². The SMILES string of the molecule is NC1CCC(CS(=O)(=O)c2cccc(C(F)(F)F)c2)CC1. The van der Waals surface area contributed by atoms with Gasteiger partial charge in [-0.25, -0.2) is 8.42 Å². The Morgan fingerprint density at radius 1 is 1.14 bits per heavy atom. The number of rotatable bonds is 3. The van der Waals surface area contributed by atoms with Crippen LogP contribution in [0, 0.1) is 5.92 Å². The van der Waals surface area contributed by atoms with Crippen LogP contribution in [-0.2, 0) is 16.0 Å². The maximum absolute atomic E-state index is 12.6. The lowest BCUT2D eigenvalue weighted by atomic mass is 9.88. The zero-order chi connectivity index (χ0) is 15.7. The van der Waals surface area contributed by atoms with Gasteiger partial charge in [-0.1, -0.05) is 6.07 Å². The molecule has 0 heterocycles. The zero-order valence-electron chi connectivity index (χ0n) is 11.4. The van der Waals surface area contributed by atoms with Crippen molar-refractivity contribution in [3.05, 3.63) is 29.8 Å². The first-order chi connectivity index (χ1) is 9.68. The van der Waals surface area contributed by atoms with Crippen LogP contribution in [0.5, 0.6) is 0 Å². The number of hydrogen-bond acceptors (Lipinski definition) is 3. The third-order valence-corrected chi connectivity index (χ3v) is 5.75. The normalized spacial score (nSPS) is 24.0. The fourth-order valence-electron chi connectivity index (χ4n) is 2.63. The summed E-state index contributed by atoms with van der Waals surface area (Å²) in [6.45, 7) is 0. The highest BCUT2D eigenvalue weighted by molar-refractivity contribution is 7.91. The lowest BCUT2D eigenvalue weighted by Crippen LogP contribution is -2.29. The van der Waals surface area contributed by atoms with Gasteiger partial charge in [0.25, 0.3) is 0 Å². The van der Waals surface area contributed by atoms with Gasteiger partial charge >= 0.3 is 6.18 Å². The Labute approximate surface area is 122 Å². The molecule has 0 unspecified atom stereocenters. The van der Waals surface area contributed by atoms with E-state index in [1.165, 1.54) is 6.07 Å². The minimum atomic E-state index is -4.54. The number of benzene rings is 1. The van der Waals surface area contributed by atoms with Crippen LogP contribution in [-0.4, -0.2) is 20.2 Å². The molecular formula is C14H18F3NO2S. The highest BCUT2D eigenvalue weighted by atomic mass is 32.2. The molecule has 3 nitrogen and oxygen atoms in total. The fraction of sp³-hybridized carbons (Fsp3) is 0.571. The average molecular weight is 321 g/mol. The summed E-state index contributed by atoms with van der Waals surface area (Å²) >= 11 is 0. The van der Waals surface area contributed by atoms with Gasteiger partial charge in [-0.15, -0.1) is 0 Å². The van der Waals surface area contributed by atoms with Gasteiger partial charge in [0.1, 0.15) is 0 Å². The van der Waals surface area contributed by atoms with E-state index in [0.29, 0.717) is 18.9 Å². The van der Waals surface area contributed by atoms with Crippen LogP contribution >= 0.6 is 0 Å². The fourth-order valence-corrected chi connectivity index (χ4v) is 4.37. The largest absolute Gasteiger partial charge is 0.416 e. The quantitative estimate of drug-likeness (QED) is 0.931. The average Bonchev–Trinajstić information content (AvgIpc) is 2.40. The van der Waals surface area contributed by atoms with Gasteiger partial charge < -0.3 is 5.73 Å². The molecular weight excluding hydrogens is 303 g/mol. The van der Waals surface area contributed by atoms with Crippen LogP contribution in [0.3, 0.4) is 0 Å². The van der Waals surface area contributed by atoms with Gasteiger partial charge in [0.2, 0.25) is 0 Å². The number of alkyl halides is 3. The molecule has 2 rings (SSSR count). The van der Waals surface area contributed by atoms with E-state index in [2.05, 4.69) is 0 Å². The Balaban J connectivity index is 2.16. The minimum Gasteiger partial charge on any atom is -0.328 e. The van der Waals surface area contributed by atoms with Crippen molar-refractivity contribution in [3.63, 3.8) is 0 Å². The Hall–Kier alpha value is -1.08. The summed E-state index contributed by atoms with van der Waals surface area (Å²) in [5.74, 6) is -0.134. The van der Waals surface area contributed by atoms with Crippen molar-refractivity contribution in [2.45, 2.75) is 42.8 Å². The summed E-state index contributed by atoms with van der Waals surface area (Å²) in [4.78, 5) is -0.257. The van der Waals surface area contributed by atoms with Gasteiger partial charge in [0.05, 0.1) is 16.2 Å². The zero-order valence-corrected chi connectivity index (χ0v) is 12.3. The number of halogens is 3. The molecule has 0 atom stereocenters. The van der Waals surface area contributed by atoms with Crippen LogP contribution in [0.25, 0.3) is 0 Å². The van der Waals surface area contributed by atoms with Gasteiger partial charge in [0.15, 0.2) is 9.84 Å². The Kier molecular flexibility index (Phi) is 4.63. The third kappa shape index (κ3) is 4.20. The molecule has 0 bridgehead atoms. The van der Waals surface area contributed by atoms with Crippen LogP contribution in [0.2, 0.25) is 0 Å². The highest BCUT2D eigenvalue weighted by Gasteiger charge is 2.32. The van der Waals surface area contributed by atoms with Crippen molar-refractivity contribution in [3.8, 4) is 0 Å². The summed E-state index contributed by atoms with van der Waals surface area (Å²) in [5, 5.41) is 0. The molecule has 1 aliphatic rings. The number of sulfone groups is 1. The summed E-state index contributed by atoms with van der Waals surface area (Å²) in [7, 11) is -3.70. The monoisotopic (exact) mass is 321 g/mol. The molecule has 7 heteroatoms. The van der Waals surface area contributed by atoms with Gasteiger partial charge in [-0.05, 0) is 49.8 Å². The van der Waals surface area contributed by atoms with Gasteiger partial charge in [-0.3, -0.25) is 0 Å². The first-order valence-electron chi connectivity index (χ1n) is 6.84. The van der Waals surface area contributed by atoms with E-state index in [1.54, 1.807) is 0 Å². The van der Waals surface area contributed by atoms with E-state index in [9.17, 15) is 21.6 Å². The Morgan fingerprint density at radius 3 is 2.33 bits per heavy atom. The van der Waals surface area contributed by atoms with E-state index in [-0.39, 0.29) is 22.6 Å². The molecule has 0 spiro atoms. The summed E-state index contributed by atoms with van der Waals surface area (Å²) in [6, 6.07) is 4.05. The van der Waals surface area contributed by atoms with Crippen LogP contribution in [0.4, 0.5) is 13.2 Å². The molecule has 0 amide bonds. The molecule has 0 radical (unpaired) electrons. The topological polar surface area (TPSA) is 60.2 Å². The number of nitrogens with two attached hydrogens (primary N) is 1. The van der Waals surface area contributed by atoms with E-state index in [4.69, 9.17) is 5.73 Å². The first kappa shape index (κ1) is 16.3. The summed E-state index contributed by atoms with van der Waals surface area (Å²) < 4.78 is 62.5. The van der Waals surface area contributed by atoms with E-state index >= 15 is 0 Å². The molecule has 1 aromatic rings. The first-order valence-corrected chi connectivity index (χ1v) is 8.49. The van der Waals surface area contributed by atoms with E-state index < -0.39 is 21.6 Å². The molecule has 0 aromatic heterocycles. The van der Waals surface area contributed by atoms with Crippen LogP contribution in [0.15, 0.2) is 29.2 Å². The lowest BCUT2D eigenvalue weighted by molar-refractivity contribution is -0.137. The standard InChI is InChI=1S/C14H18F3NO2S/c15-14(16,17)11-2-1-3-13(8-11)21(19,20)9-10-4-6-12(18)7-5-10/h1-3,8,10,12H,4-7,9,18H2. The number of hydrogen-bond donors (Lipinski definition) is 1. The molecule has 118 valence electrons. The third-order valence-electron chi connectivity index (χ3n) is 3.87. The molecule has 1 aliphatic carbocycles. The van der Waals surface area contributed by atoms with E-state index in [0.717, 1.165) is 25.0 Å². The summed E-state index contributed by atoms with van der Waals surface area (Å²) in [6.07, 6.45) is -1.59. The second-order valence-corrected chi connectivity index (χ2v) is 7.62. The Bertz CT molecular complexity index is 590.